The standard InChI is InChI=1S/C20H17FN6S/c21-14-3-1-13(2-4-14)18-19(16-7-8-23-20(28)24-16)27-15(5-6-17(27)25-18)11-26-10-9-22-12-26/h1-4,7-10,12,15H,5-6,11H2,(H,23,24,28). The van der Waals surface area contributed by atoms with Crippen LogP contribution in [-0.4, -0.2) is 29.1 Å². The van der Waals surface area contributed by atoms with Crippen LogP contribution in [0.2, 0.25) is 0 Å². The Bertz CT molecular complexity index is 1120. The second-order valence-corrected chi connectivity index (χ2v) is 7.20. The lowest BCUT2D eigenvalue weighted by Crippen LogP contribution is -2.13. The third kappa shape index (κ3) is 2.99. The van der Waals surface area contributed by atoms with Gasteiger partial charge >= 0.3 is 0 Å². The van der Waals surface area contributed by atoms with Gasteiger partial charge in [-0.25, -0.2) is 24.3 Å². The Kier molecular flexibility index (Phi) is 4.20. The summed E-state index contributed by atoms with van der Waals surface area (Å²) in [5.74, 6) is 0.744. The summed E-state index contributed by atoms with van der Waals surface area (Å²) in [6.45, 7) is 0.804. The van der Waals surface area contributed by atoms with Crippen LogP contribution in [0.5, 0.6) is 0 Å². The summed E-state index contributed by atoms with van der Waals surface area (Å²) in [7, 11) is 0. The van der Waals surface area contributed by atoms with Gasteiger partial charge in [-0.1, -0.05) is 0 Å². The van der Waals surface area contributed by atoms with Crippen molar-refractivity contribution in [1.82, 2.24) is 29.1 Å². The molecule has 1 aromatic carbocycles. The number of nitrogens with zero attached hydrogens (tertiary/aromatic N) is 6. The van der Waals surface area contributed by atoms with E-state index in [-0.39, 0.29) is 11.9 Å². The Hall–Kier alpha value is -3.00. The molecule has 0 N–H and O–H groups in total. The predicted octanol–water partition coefficient (Wildman–Crippen LogP) is 3.82. The second kappa shape index (κ2) is 6.87. The average Bonchev–Trinajstić information content (AvgIpc) is 3.41. The summed E-state index contributed by atoms with van der Waals surface area (Å²) in [5, 5.41) is 0.405. The van der Waals surface area contributed by atoms with Crippen molar-refractivity contribution in [3.05, 3.63) is 66.9 Å². The number of aryl methyl sites for hydroxylation is 1. The fraction of sp³-hybridized carbons (Fsp3) is 0.200. The molecule has 140 valence electrons. The zero-order valence-corrected chi connectivity index (χ0v) is 15.8. The van der Waals surface area contributed by atoms with E-state index in [9.17, 15) is 4.39 Å². The third-order valence-electron chi connectivity index (χ3n) is 5.03. The summed E-state index contributed by atoms with van der Waals surface area (Å²) >= 11 is 4.31. The van der Waals surface area contributed by atoms with E-state index in [0.29, 0.717) is 5.16 Å². The van der Waals surface area contributed by atoms with Gasteiger partial charge in [-0.15, -0.1) is 12.6 Å². The van der Waals surface area contributed by atoms with Crippen molar-refractivity contribution in [2.45, 2.75) is 30.6 Å². The number of thiol groups is 1. The van der Waals surface area contributed by atoms with Crippen molar-refractivity contribution in [2.24, 2.45) is 0 Å². The highest BCUT2D eigenvalue weighted by Gasteiger charge is 2.31. The van der Waals surface area contributed by atoms with Crippen LogP contribution in [0.15, 0.2) is 60.4 Å². The fourth-order valence-electron chi connectivity index (χ4n) is 3.82. The van der Waals surface area contributed by atoms with Gasteiger partial charge < -0.3 is 9.13 Å². The van der Waals surface area contributed by atoms with E-state index >= 15 is 0 Å². The lowest BCUT2D eigenvalue weighted by Gasteiger charge is -2.18. The van der Waals surface area contributed by atoms with Gasteiger partial charge in [0.25, 0.3) is 0 Å². The maximum absolute atomic E-state index is 13.4. The minimum absolute atomic E-state index is 0.235. The predicted molar refractivity (Wildman–Crippen MR) is 105 cm³/mol. The molecule has 1 atom stereocenters. The molecule has 0 aliphatic carbocycles. The fourth-order valence-corrected chi connectivity index (χ4v) is 3.99. The van der Waals surface area contributed by atoms with E-state index in [2.05, 4.69) is 36.7 Å². The molecule has 0 saturated carbocycles. The highest BCUT2D eigenvalue weighted by molar-refractivity contribution is 7.80. The van der Waals surface area contributed by atoms with Crippen molar-refractivity contribution in [3.8, 4) is 22.6 Å². The first-order chi connectivity index (χ1) is 13.7. The highest BCUT2D eigenvalue weighted by Crippen LogP contribution is 2.39. The Morgan fingerprint density at radius 1 is 1.11 bits per heavy atom. The molecule has 0 saturated heterocycles. The van der Waals surface area contributed by atoms with Gasteiger partial charge in [0, 0.05) is 37.1 Å². The number of halogens is 1. The molecule has 4 heterocycles. The first-order valence-electron chi connectivity index (χ1n) is 9.04. The molecular formula is C20H17FN6S. The van der Waals surface area contributed by atoms with Crippen molar-refractivity contribution in [1.29, 1.82) is 0 Å². The lowest BCUT2D eigenvalue weighted by molar-refractivity contribution is 0.451. The number of rotatable bonds is 4. The van der Waals surface area contributed by atoms with Crippen LogP contribution in [0.4, 0.5) is 4.39 Å². The maximum Gasteiger partial charge on any atom is 0.184 e. The zero-order valence-electron chi connectivity index (χ0n) is 14.9. The quantitative estimate of drug-likeness (QED) is 0.424. The van der Waals surface area contributed by atoms with Gasteiger partial charge in [0.1, 0.15) is 11.6 Å². The number of hydrogen-bond acceptors (Lipinski definition) is 5. The lowest BCUT2D eigenvalue weighted by atomic mass is 10.1. The van der Waals surface area contributed by atoms with Gasteiger partial charge in [0.2, 0.25) is 0 Å². The monoisotopic (exact) mass is 392 g/mol. The zero-order chi connectivity index (χ0) is 19.1. The van der Waals surface area contributed by atoms with E-state index in [1.54, 1.807) is 24.5 Å². The van der Waals surface area contributed by atoms with Crippen LogP contribution < -0.4 is 0 Å². The van der Waals surface area contributed by atoms with Crippen molar-refractivity contribution in [3.63, 3.8) is 0 Å². The highest BCUT2D eigenvalue weighted by atomic mass is 32.1. The van der Waals surface area contributed by atoms with Crippen LogP contribution in [-0.2, 0) is 13.0 Å². The molecular weight excluding hydrogens is 375 g/mol. The number of benzene rings is 1. The largest absolute Gasteiger partial charge is 0.335 e. The Balaban J connectivity index is 1.68. The smallest absolute Gasteiger partial charge is 0.184 e. The van der Waals surface area contributed by atoms with Crippen LogP contribution in [0.3, 0.4) is 0 Å². The van der Waals surface area contributed by atoms with Crippen LogP contribution in [0, 0.1) is 5.82 Å². The van der Waals surface area contributed by atoms with E-state index in [1.165, 1.54) is 12.1 Å². The summed E-state index contributed by atoms with van der Waals surface area (Å²) < 4.78 is 17.8. The number of fused-ring (bicyclic) bond motifs is 1. The maximum atomic E-state index is 13.4. The molecule has 3 aromatic heterocycles. The van der Waals surface area contributed by atoms with Gasteiger partial charge in [0.05, 0.1) is 29.5 Å². The molecule has 0 fully saturated rings. The molecule has 0 spiro atoms. The molecule has 0 radical (unpaired) electrons. The SMILES string of the molecule is Fc1ccc(-c2nc3n(c2-c2ccnc(S)n2)C(Cn2ccnc2)CC3)cc1. The van der Waals surface area contributed by atoms with Crippen molar-refractivity contribution in [2.75, 3.05) is 0 Å². The van der Waals surface area contributed by atoms with E-state index < -0.39 is 0 Å². The topological polar surface area (TPSA) is 61.4 Å². The molecule has 5 rings (SSSR count). The summed E-state index contributed by atoms with van der Waals surface area (Å²) in [5.41, 5.74) is 3.34. The van der Waals surface area contributed by atoms with Gasteiger partial charge in [-0.3, -0.25) is 0 Å². The molecule has 28 heavy (non-hydrogen) atoms. The van der Waals surface area contributed by atoms with E-state index in [0.717, 1.165) is 47.9 Å². The molecule has 1 aliphatic heterocycles. The van der Waals surface area contributed by atoms with Crippen molar-refractivity contribution < 1.29 is 4.39 Å². The minimum Gasteiger partial charge on any atom is -0.335 e. The average molecular weight is 392 g/mol. The Labute approximate surface area is 166 Å². The van der Waals surface area contributed by atoms with Gasteiger partial charge in [0.15, 0.2) is 5.16 Å². The minimum atomic E-state index is -0.269. The van der Waals surface area contributed by atoms with Crippen molar-refractivity contribution >= 4 is 12.6 Å². The first-order valence-corrected chi connectivity index (χ1v) is 9.49. The normalized spacial score (nSPS) is 15.7. The van der Waals surface area contributed by atoms with Gasteiger partial charge in [-0.05, 0) is 36.8 Å². The third-order valence-corrected chi connectivity index (χ3v) is 5.25. The first kappa shape index (κ1) is 17.1. The Morgan fingerprint density at radius 3 is 2.71 bits per heavy atom. The number of hydrogen-bond donors (Lipinski definition) is 1. The molecule has 4 aromatic rings. The molecule has 8 heteroatoms. The Morgan fingerprint density at radius 2 is 1.96 bits per heavy atom. The molecule has 0 bridgehead atoms. The second-order valence-electron chi connectivity index (χ2n) is 6.80. The molecule has 0 amide bonds. The summed E-state index contributed by atoms with van der Waals surface area (Å²) in [6, 6.07) is 8.52. The van der Waals surface area contributed by atoms with E-state index in [1.807, 2.05) is 18.6 Å². The van der Waals surface area contributed by atoms with Crippen LogP contribution in [0.25, 0.3) is 22.6 Å². The van der Waals surface area contributed by atoms with Crippen LogP contribution in [0.1, 0.15) is 18.3 Å². The molecule has 6 nitrogen and oxygen atoms in total. The van der Waals surface area contributed by atoms with E-state index in [4.69, 9.17) is 4.98 Å². The molecule has 1 aliphatic rings. The van der Waals surface area contributed by atoms with Crippen LogP contribution >= 0.6 is 12.6 Å². The number of imidazole rings is 2. The summed E-state index contributed by atoms with van der Waals surface area (Å²) in [4.78, 5) is 17.7. The van der Waals surface area contributed by atoms with Gasteiger partial charge in [-0.2, -0.15) is 0 Å². The summed E-state index contributed by atoms with van der Waals surface area (Å²) in [6.07, 6.45) is 9.14. The number of aromatic nitrogens is 6. The molecule has 1 unspecified atom stereocenters.